The molecule has 0 aliphatic rings. The normalized spacial score (nSPS) is 11.3. The van der Waals surface area contributed by atoms with Gasteiger partial charge in [-0.2, -0.15) is 4.98 Å². The highest BCUT2D eigenvalue weighted by molar-refractivity contribution is 6.34. The molecule has 10 heteroatoms. The van der Waals surface area contributed by atoms with Gasteiger partial charge < -0.3 is 30.2 Å². The van der Waals surface area contributed by atoms with Crippen LogP contribution in [0.15, 0.2) is 60.8 Å². The Morgan fingerprint density at radius 3 is 2.40 bits per heavy atom. The van der Waals surface area contributed by atoms with E-state index < -0.39 is 0 Å². The Kier molecular flexibility index (Phi) is 11.9. The van der Waals surface area contributed by atoms with E-state index in [1.807, 2.05) is 51.5 Å². The second-order valence-electron chi connectivity index (χ2n) is 12.1. The van der Waals surface area contributed by atoms with Crippen molar-refractivity contribution in [1.82, 2.24) is 30.5 Å². The summed E-state index contributed by atoms with van der Waals surface area (Å²) in [6, 6.07) is 18.0. The molecular formula is C37H45ClN6O3. The number of rotatable bonds is 17. The Labute approximate surface area is 281 Å². The summed E-state index contributed by atoms with van der Waals surface area (Å²) in [4.78, 5) is 32.5. The molecule has 0 spiro atoms. The molecule has 2 aromatic heterocycles. The lowest BCUT2D eigenvalue weighted by molar-refractivity contribution is -0.120. The zero-order chi connectivity index (χ0) is 33.2. The fraction of sp³-hybridized carbons (Fsp3) is 0.378. The molecule has 0 unspecified atom stereocenters. The summed E-state index contributed by atoms with van der Waals surface area (Å²) in [5.41, 5.74) is 6.04. The Morgan fingerprint density at radius 1 is 0.894 bits per heavy atom. The third-order valence-electron chi connectivity index (χ3n) is 8.48. The van der Waals surface area contributed by atoms with Crippen molar-refractivity contribution in [2.24, 2.45) is 7.05 Å². The van der Waals surface area contributed by atoms with Crippen LogP contribution in [0.2, 0.25) is 5.02 Å². The zero-order valence-electron chi connectivity index (χ0n) is 27.5. The highest BCUT2D eigenvalue weighted by Crippen LogP contribution is 2.34. The van der Waals surface area contributed by atoms with Crippen LogP contribution in [0.4, 0.5) is 0 Å². The van der Waals surface area contributed by atoms with Crippen molar-refractivity contribution in [2.45, 2.75) is 58.3 Å². The maximum absolute atomic E-state index is 13.0. The van der Waals surface area contributed by atoms with Crippen LogP contribution in [-0.4, -0.2) is 53.0 Å². The molecule has 0 aliphatic heterocycles. The number of H-pyrrole nitrogens is 1. The number of aryl methyl sites for hydroxylation is 2. The number of aromatic nitrogens is 3. The fourth-order valence-corrected chi connectivity index (χ4v) is 6.01. The van der Waals surface area contributed by atoms with E-state index in [-0.39, 0.29) is 11.8 Å². The van der Waals surface area contributed by atoms with E-state index in [0.717, 1.165) is 83.7 Å². The first kappa shape index (κ1) is 34.0. The lowest BCUT2D eigenvalue weighted by Crippen LogP contribution is -2.27. The van der Waals surface area contributed by atoms with E-state index >= 15 is 0 Å². The second-order valence-corrected chi connectivity index (χ2v) is 12.5. The number of nitrogens with zero attached hydrogens (tertiary/aromatic N) is 2. The minimum Gasteiger partial charge on any atom is -0.426 e. The van der Waals surface area contributed by atoms with Gasteiger partial charge in [-0.05, 0) is 80.4 Å². The van der Waals surface area contributed by atoms with E-state index in [1.54, 1.807) is 6.07 Å². The maximum Gasteiger partial charge on any atom is 0.300 e. The highest BCUT2D eigenvalue weighted by Gasteiger charge is 2.14. The predicted molar refractivity (Wildman–Crippen MR) is 190 cm³/mol. The first-order chi connectivity index (χ1) is 22.8. The molecule has 0 saturated carbocycles. The SMILES string of the molecule is CNCCC(=O)NCCCCCCCCCNC(=O)c1cc(Oc2nc3cc(-c4ccc5c(ccn5C)c4)c(Cl)cc3[nH]2)ccc1C. The highest BCUT2D eigenvalue weighted by atomic mass is 35.5. The maximum atomic E-state index is 13.0. The minimum atomic E-state index is -0.110. The molecule has 0 radical (unpaired) electrons. The van der Waals surface area contributed by atoms with Gasteiger partial charge in [-0.3, -0.25) is 9.59 Å². The molecule has 0 bridgehead atoms. The topological polar surface area (TPSA) is 113 Å². The van der Waals surface area contributed by atoms with E-state index in [4.69, 9.17) is 16.3 Å². The number of fused-ring (bicyclic) bond motifs is 2. The standard InChI is InChI=1S/C37H45ClN6O3/c1-25-11-13-28(22-29(25)36(46)41-18-10-8-6-4-5-7-9-17-40-35(45)15-19-39-2)47-37-42-32-23-30(31(38)24-33(32)43-37)26-12-14-34-27(21-26)16-20-44(34)3/h11-14,16,20-24,39H,4-10,15,17-19H2,1-3H3,(H,40,45)(H,41,46)(H,42,43). The van der Waals surface area contributed by atoms with Crippen LogP contribution in [0, 0.1) is 6.92 Å². The van der Waals surface area contributed by atoms with Gasteiger partial charge in [0.1, 0.15) is 5.75 Å². The van der Waals surface area contributed by atoms with Crippen molar-refractivity contribution in [3.8, 4) is 22.9 Å². The van der Waals surface area contributed by atoms with Gasteiger partial charge in [-0.15, -0.1) is 0 Å². The molecule has 47 heavy (non-hydrogen) atoms. The van der Waals surface area contributed by atoms with Crippen molar-refractivity contribution in [2.75, 3.05) is 26.7 Å². The molecule has 3 aromatic carbocycles. The molecule has 0 atom stereocenters. The Bertz CT molecular complexity index is 1830. The van der Waals surface area contributed by atoms with Crippen LogP contribution in [0.1, 0.15) is 67.3 Å². The molecule has 2 heterocycles. The summed E-state index contributed by atoms with van der Waals surface area (Å²) < 4.78 is 8.16. The number of amides is 2. The van der Waals surface area contributed by atoms with E-state index in [2.05, 4.69) is 54.8 Å². The van der Waals surface area contributed by atoms with Gasteiger partial charge in [-0.25, -0.2) is 0 Å². The van der Waals surface area contributed by atoms with E-state index in [9.17, 15) is 9.59 Å². The Balaban J connectivity index is 1.08. The number of aromatic amines is 1. The first-order valence-electron chi connectivity index (χ1n) is 16.5. The van der Waals surface area contributed by atoms with Crippen molar-refractivity contribution in [3.05, 3.63) is 76.9 Å². The number of carbonyl (C=O) groups excluding carboxylic acids is 2. The van der Waals surface area contributed by atoms with Gasteiger partial charge in [-0.1, -0.05) is 55.8 Å². The molecule has 9 nitrogen and oxygen atoms in total. The number of halogens is 1. The Hall–Kier alpha value is -4.34. The number of hydrogen-bond acceptors (Lipinski definition) is 5. The first-order valence-corrected chi connectivity index (χ1v) is 16.9. The molecule has 0 fully saturated rings. The second kappa shape index (κ2) is 16.5. The summed E-state index contributed by atoms with van der Waals surface area (Å²) in [5.74, 6) is 0.527. The van der Waals surface area contributed by atoms with Gasteiger partial charge in [0.2, 0.25) is 5.91 Å². The largest absolute Gasteiger partial charge is 0.426 e. The van der Waals surface area contributed by atoms with E-state index in [1.165, 1.54) is 6.42 Å². The Morgan fingerprint density at radius 2 is 1.64 bits per heavy atom. The summed E-state index contributed by atoms with van der Waals surface area (Å²) in [5, 5.41) is 10.8. The van der Waals surface area contributed by atoms with Crippen LogP contribution in [0.5, 0.6) is 11.8 Å². The summed E-state index contributed by atoms with van der Waals surface area (Å²) in [6.07, 6.45) is 10.2. The average Bonchev–Trinajstić information content (AvgIpc) is 3.64. The van der Waals surface area contributed by atoms with Crippen molar-refractivity contribution >= 4 is 45.4 Å². The van der Waals surface area contributed by atoms with Crippen LogP contribution < -0.4 is 20.7 Å². The van der Waals surface area contributed by atoms with Crippen molar-refractivity contribution in [1.29, 1.82) is 0 Å². The number of imidazole rings is 1. The van der Waals surface area contributed by atoms with Gasteiger partial charge in [0.25, 0.3) is 11.9 Å². The fourth-order valence-electron chi connectivity index (χ4n) is 5.73. The molecule has 5 aromatic rings. The smallest absolute Gasteiger partial charge is 0.300 e. The van der Waals surface area contributed by atoms with Crippen LogP contribution in [0.3, 0.4) is 0 Å². The summed E-state index contributed by atoms with van der Waals surface area (Å²) >= 11 is 6.71. The van der Waals surface area contributed by atoms with Gasteiger partial charge in [0, 0.05) is 61.3 Å². The van der Waals surface area contributed by atoms with E-state index in [0.29, 0.717) is 41.9 Å². The number of hydrogen-bond donors (Lipinski definition) is 4. The van der Waals surface area contributed by atoms with Crippen LogP contribution >= 0.6 is 11.6 Å². The van der Waals surface area contributed by atoms with Crippen LogP contribution in [-0.2, 0) is 11.8 Å². The van der Waals surface area contributed by atoms with Crippen molar-refractivity contribution < 1.29 is 14.3 Å². The lowest BCUT2D eigenvalue weighted by Gasteiger charge is -2.10. The van der Waals surface area contributed by atoms with Gasteiger partial charge in [0.15, 0.2) is 0 Å². The third-order valence-corrected chi connectivity index (χ3v) is 8.79. The molecule has 248 valence electrons. The average molecular weight is 657 g/mol. The number of carbonyl (C=O) groups is 2. The summed E-state index contributed by atoms with van der Waals surface area (Å²) in [7, 11) is 3.88. The van der Waals surface area contributed by atoms with Crippen molar-refractivity contribution in [3.63, 3.8) is 0 Å². The molecule has 0 saturated heterocycles. The monoisotopic (exact) mass is 656 g/mol. The number of unbranched alkanes of at least 4 members (excludes halogenated alkanes) is 6. The molecule has 5 rings (SSSR count). The zero-order valence-corrected chi connectivity index (χ0v) is 28.3. The van der Waals surface area contributed by atoms with Crippen LogP contribution in [0.25, 0.3) is 33.1 Å². The molecule has 0 aliphatic carbocycles. The lowest BCUT2D eigenvalue weighted by atomic mass is 10.0. The number of benzene rings is 3. The van der Waals surface area contributed by atoms with Gasteiger partial charge >= 0.3 is 0 Å². The molecule has 4 N–H and O–H groups in total. The molecular weight excluding hydrogens is 612 g/mol. The molecule has 2 amide bonds. The summed E-state index contributed by atoms with van der Waals surface area (Å²) in [6.45, 7) is 4.01. The number of nitrogens with one attached hydrogen (secondary N) is 4. The minimum absolute atomic E-state index is 0.110. The quantitative estimate of drug-likeness (QED) is 0.0768. The third kappa shape index (κ3) is 9.14. The van der Waals surface area contributed by atoms with Gasteiger partial charge in [0.05, 0.1) is 16.1 Å². The number of ether oxygens (including phenoxy) is 1. The predicted octanol–water partition coefficient (Wildman–Crippen LogP) is 7.66.